The van der Waals surface area contributed by atoms with Crippen LogP contribution in [-0.4, -0.2) is 48.0 Å². The first-order valence-electron chi connectivity index (χ1n) is 10.5. The molecule has 2 aromatic carbocycles. The maximum Gasteiger partial charge on any atom is 0.227 e. The summed E-state index contributed by atoms with van der Waals surface area (Å²) >= 11 is 0. The molecule has 0 aliphatic carbocycles. The maximum atomic E-state index is 14.3. The molecule has 0 atom stereocenters. The summed E-state index contributed by atoms with van der Waals surface area (Å²) in [6.45, 7) is 5.86. The van der Waals surface area contributed by atoms with Crippen LogP contribution >= 0.6 is 0 Å². The zero-order chi connectivity index (χ0) is 21.7. The molecule has 0 saturated carbocycles. The number of carbonyl (C=O) groups is 1. The van der Waals surface area contributed by atoms with Crippen LogP contribution in [0.5, 0.6) is 5.75 Å². The fraction of sp³-hybridized carbons (Fsp3) is 0.458. The van der Waals surface area contributed by atoms with E-state index in [0.717, 1.165) is 43.3 Å². The van der Waals surface area contributed by atoms with Gasteiger partial charge in [-0.05, 0) is 70.6 Å². The fourth-order valence-electron chi connectivity index (χ4n) is 3.80. The molecular weight excluding hydrogens is 386 g/mol. The predicted octanol–water partition coefficient (Wildman–Crippen LogP) is 4.42. The molecule has 2 aromatic rings. The predicted molar refractivity (Wildman–Crippen MR) is 113 cm³/mol. The second-order valence-electron chi connectivity index (χ2n) is 8.28. The molecular formula is C24H30F2N2O2. The van der Waals surface area contributed by atoms with E-state index in [-0.39, 0.29) is 31.0 Å². The Balaban J connectivity index is 1.75. The van der Waals surface area contributed by atoms with Crippen LogP contribution in [0.25, 0.3) is 0 Å². The zero-order valence-corrected chi connectivity index (χ0v) is 17.9. The van der Waals surface area contributed by atoms with E-state index in [0.29, 0.717) is 5.56 Å². The Morgan fingerprint density at radius 3 is 2.40 bits per heavy atom. The quantitative estimate of drug-likeness (QED) is 0.670. The number of rotatable bonds is 7. The summed E-state index contributed by atoms with van der Waals surface area (Å²) in [7, 11) is 2.06. The van der Waals surface area contributed by atoms with E-state index in [2.05, 4.69) is 11.9 Å². The number of halogens is 2. The molecule has 1 heterocycles. The molecule has 0 N–H and O–H groups in total. The van der Waals surface area contributed by atoms with Crippen molar-refractivity contribution in [1.29, 1.82) is 0 Å². The van der Waals surface area contributed by atoms with E-state index in [1.165, 1.54) is 12.1 Å². The van der Waals surface area contributed by atoms with Gasteiger partial charge < -0.3 is 14.5 Å². The third kappa shape index (κ3) is 6.02. The van der Waals surface area contributed by atoms with Gasteiger partial charge in [0.15, 0.2) is 0 Å². The summed E-state index contributed by atoms with van der Waals surface area (Å²) in [4.78, 5) is 17.2. The third-order valence-corrected chi connectivity index (χ3v) is 5.46. The normalized spacial score (nSPS) is 15.4. The van der Waals surface area contributed by atoms with Crippen molar-refractivity contribution < 1.29 is 18.3 Å². The Bertz CT molecular complexity index is 847. The molecule has 1 aliphatic rings. The number of amides is 1. The Hall–Kier alpha value is -2.47. The van der Waals surface area contributed by atoms with Gasteiger partial charge in [-0.1, -0.05) is 18.2 Å². The summed E-state index contributed by atoms with van der Waals surface area (Å²) in [6, 6.07) is 11.1. The molecule has 3 rings (SSSR count). The van der Waals surface area contributed by atoms with Crippen molar-refractivity contribution in [2.45, 2.75) is 51.8 Å². The minimum absolute atomic E-state index is 0.0432. The average molecular weight is 417 g/mol. The minimum atomic E-state index is -0.615. The molecule has 1 amide bonds. The van der Waals surface area contributed by atoms with Crippen LogP contribution in [0.4, 0.5) is 8.78 Å². The van der Waals surface area contributed by atoms with Crippen molar-refractivity contribution in [3.63, 3.8) is 0 Å². The van der Waals surface area contributed by atoms with E-state index >= 15 is 0 Å². The number of likely N-dealkylation sites (tertiary alicyclic amines) is 1. The van der Waals surface area contributed by atoms with Gasteiger partial charge in [-0.2, -0.15) is 0 Å². The van der Waals surface area contributed by atoms with E-state index < -0.39 is 11.6 Å². The second-order valence-corrected chi connectivity index (χ2v) is 8.28. The monoisotopic (exact) mass is 416 g/mol. The van der Waals surface area contributed by atoms with Crippen molar-refractivity contribution >= 4 is 5.91 Å². The Morgan fingerprint density at radius 1 is 1.13 bits per heavy atom. The van der Waals surface area contributed by atoms with Crippen LogP contribution < -0.4 is 4.74 Å². The van der Waals surface area contributed by atoms with Gasteiger partial charge in [0.25, 0.3) is 0 Å². The van der Waals surface area contributed by atoms with E-state index in [1.54, 1.807) is 4.90 Å². The van der Waals surface area contributed by atoms with Gasteiger partial charge in [0.05, 0.1) is 12.5 Å². The fourth-order valence-corrected chi connectivity index (χ4v) is 3.80. The lowest BCUT2D eigenvalue weighted by Gasteiger charge is -2.37. The molecule has 1 fully saturated rings. The largest absolute Gasteiger partial charge is 0.491 e. The van der Waals surface area contributed by atoms with Crippen molar-refractivity contribution in [3.05, 3.63) is 65.2 Å². The average Bonchev–Trinajstić information content (AvgIpc) is 2.69. The molecule has 162 valence electrons. The molecule has 0 bridgehead atoms. The Kier molecular flexibility index (Phi) is 7.43. The highest BCUT2D eigenvalue weighted by atomic mass is 19.1. The number of hydrogen-bond donors (Lipinski definition) is 0. The number of nitrogens with zero attached hydrogens (tertiary/aromatic N) is 2. The van der Waals surface area contributed by atoms with Crippen molar-refractivity contribution in [2.75, 3.05) is 20.1 Å². The van der Waals surface area contributed by atoms with Gasteiger partial charge in [-0.15, -0.1) is 0 Å². The lowest BCUT2D eigenvalue weighted by Crippen LogP contribution is -2.46. The standard InChI is InChI=1S/C24H30F2N2O2/c1-17(2)30-22-8-4-18(5-9-22)14-24(29)28(21-10-12-27(3)13-11-21)16-19-6-7-20(25)15-23(19)26/h4-9,15,17,21H,10-14,16H2,1-3H3. The smallest absolute Gasteiger partial charge is 0.227 e. The summed E-state index contributed by atoms with van der Waals surface area (Å²) in [5, 5.41) is 0. The van der Waals surface area contributed by atoms with Gasteiger partial charge in [0.1, 0.15) is 17.4 Å². The number of ether oxygens (including phenoxy) is 1. The minimum Gasteiger partial charge on any atom is -0.491 e. The molecule has 0 radical (unpaired) electrons. The van der Waals surface area contributed by atoms with Crippen molar-refractivity contribution in [1.82, 2.24) is 9.80 Å². The van der Waals surface area contributed by atoms with Crippen LogP contribution in [0.3, 0.4) is 0 Å². The molecule has 0 unspecified atom stereocenters. The summed E-state index contributed by atoms with van der Waals surface area (Å²) in [6.07, 6.45) is 2.00. The van der Waals surface area contributed by atoms with Crippen LogP contribution in [0.1, 0.15) is 37.8 Å². The van der Waals surface area contributed by atoms with Crippen LogP contribution in [-0.2, 0) is 17.8 Å². The van der Waals surface area contributed by atoms with Gasteiger partial charge in [0.2, 0.25) is 5.91 Å². The van der Waals surface area contributed by atoms with Crippen molar-refractivity contribution in [3.8, 4) is 5.75 Å². The maximum absolute atomic E-state index is 14.3. The third-order valence-electron chi connectivity index (χ3n) is 5.46. The number of piperidine rings is 1. The lowest BCUT2D eigenvalue weighted by atomic mass is 10.0. The summed E-state index contributed by atoms with van der Waals surface area (Å²) < 4.78 is 33.2. The zero-order valence-electron chi connectivity index (χ0n) is 17.9. The molecule has 0 aromatic heterocycles. The van der Waals surface area contributed by atoms with Gasteiger partial charge in [0, 0.05) is 24.2 Å². The number of carbonyl (C=O) groups excluding carboxylic acids is 1. The first kappa shape index (κ1) is 22.2. The van der Waals surface area contributed by atoms with E-state index in [4.69, 9.17) is 4.74 Å². The number of benzene rings is 2. The lowest BCUT2D eigenvalue weighted by molar-refractivity contribution is -0.134. The highest BCUT2D eigenvalue weighted by molar-refractivity contribution is 5.79. The van der Waals surface area contributed by atoms with Gasteiger partial charge >= 0.3 is 0 Å². The molecule has 30 heavy (non-hydrogen) atoms. The first-order chi connectivity index (χ1) is 14.3. The molecule has 6 heteroatoms. The van der Waals surface area contributed by atoms with Crippen LogP contribution in [0, 0.1) is 11.6 Å². The highest BCUT2D eigenvalue weighted by Crippen LogP contribution is 2.22. The summed E-state index contributed by atoms with van der Waals surface area (Å²) in [5.41, 5.74) is 1.22. The molecule has 0 spiro atoms. The molecule has 4 nitrogen and oxygen atoms in total. The van der Waals surface area contributed by atoms with Crippen LogP contribution in [0.2, 0.25) is 0 Å². The van der Waals surface area contributed by atoms with E-state index in [9.17, 15) is 13.6 Å². The second kappa shape index (κ2) is 10.0. The van der Waals surface area contributed by atoms with Crippen LogP contribution in [0.15, 0.2) is 42.5 Å². The SMILES string of the molecule is CC(C)Oc1ccc(CC(=O)N(Cc2ccc(F)cc2F)C2CCN(C)CC2)cc1. The highest BCUT2D eigenvalue weighted by Gasteiger charge is 2.28. The summed E-state index contributed by atoms with van der Waals surface area (Å²) in [5.74, 6) is -0.513. The Labute approximate surface area is 177 Å². The first-order valence-corrected chi connectivity index (χ1v) is 10.5. The van der Waals surface area contributed by atoms with Gasteiger partial charge in [-0.25, -0.2) is 8.78 Å². The van der Waals surface area contributed by atoms with Crippen molar-refractivity contribution in [2.24, 2.45) is 0 Å². The van der Waals surface area contributed by atoms with Gasteiger partial charge in [-0.3, -0.25) is 4.79 Å². The molecule has 1 aliphatic heterocycles. The topological polar surface area (TPSA) is 32.8 Å². The molecule has 1 saturated heterocycles. The van der Waals surface area contributed by atoms with E-state index in [1.807, 2.05) is 38.1 Å². The number of hydrogen-bond acceptors (Lipinski definition) is 3. The Morgan fingerprint density at radius 2 is 1.80 bits per heavy atom.